The van der Waals surface area contributed by atoms with E-state index in [0.717, 1.165) is 32.6 Å². The Morgan fingerprint density at radius 3 is 2.62 bits per heavy atom. The van der Waals surface area contributed by atoms with Crippen LogP contribution in [-0.2, 0) is 4.79 Å². The fourth-order valence-corrected chi connectivity index (χ4v) is 2.74. The van der Waals surface area contributed by atoms with E-state index in [0.29, 0.717) is 17.9 Å². The summed E-state index contributed by atoms with van der Waals surface area (Å²) in [5.74, 6) is 1.06. The summed E-state index contributed by atoms with van der Waals surface area (Å²) in [5.41, 5.74) is 0. The zero-order valence-corrected chi connectivity index (χ0v) is 10.6. The van der Waals surface area contributed by atoms with E-state index in [-0.39, 0.29) is 5.92 Å². The molecule has 1 N–H and O–H groups in total. The average molecular weight is 225 g/mol. The highest BCUT2D eigenvalue weighted by molar-refractivity contribution is 5.80. The van der Waals surface area contributed by atoms with Crippen molar-refractivity contribution in [3.8, 4) is 0 Å². The molecule has 3 atom stereocenters. The zero-order valence-electron chi connectivity index (χ0n) is 10.6. The lowest BCUT2D eigenvalue weighted by atomic mass is 9.97. The highest BCUT2D eigenvalue weighted by Gasteiger charge is 2.36. The second-order valence-electron chi connectivity index (χ2n) is 5.43. The number of hydrogen-bond acceptors (Lipinski definition) is 3. The quantitative estimate of drug-likeness (QED) is 0.719. The van der Waals surface area contributed by atoms with Crippen LogP contribution < -0.4 is 5.32 Å². The van der Waals surface area contributed by atoms with E-state index in [1.165, 1.54) is 0 Å². The van der Waals surface area contributed by atoms with Crippen LogP contribution in [0.2, 0.25) is 0 Å². The van der Waals surface area contributed by atoms with Gasteiger partial charge in [0.1, 0.15) is 0 Å². The van der Waals surface area contributed by atoms with Crippen molar-refractivity contribution in [2.75, 3.05) is 40.3 Å². The Kier molecular flexibility index (Phi) is 3.50. The van der Waals surface area contributed by atoms with Gasteiger partial charge in [-0.3, -0.25) is 4.79 Å². The normalized spacial score (nSPS) is 35.0. The molecule has 4 nitrogen and oxygen atoms in total. The number of amides is 1. The van der Waals surface area contributed by atoms with Gasteiger partial charge in [0.05, 0.1) is 5.92 Å². The number of likely N-dealkylation sites (N-methyl/N-ethyl adjacent to an activating group) is 1. The highest BCUT2D eigenvalue weighted by Crippen LogP contribution is 2.22. The summed E-state index contributed by atoms with van der Waals surface area (Å²) < 4.78 is 0. The molecule has 1 amide bonds. The molecular formula is C12H23N3O. The Balaban J connectivity index is 1.91. The summed E-state index contributed by atoms with van der Waals surface area (Å²) in [4.78, 5) is 16.6. The van der Waals surface area contributed by atoms with Gasteiger partial charge in [-0.25, -0.2) is 0 Å². The predicted octanol–water partition coefficient (Wildman–Crippen LogP) is 0.00440. The molecule has 2 saturated heterocycles. The molecule has 0 spiro atoms. The highest BCUT2D eigenvalue weighted by atomic mass is 16.2. The van der Waals surface area contributed by atoms with Crippen LogP contribution in [0.15, 0.2) is 0 Å². The van der Waals surface area contributed by atoms with Crippen molar-refractivity contribution in [1.82, 2.24) is 15.1 Å². The van der Waals surface area contributed by atoms with Crippen molar-refractivity contribution < 1.29 is 4.79 Å². The third kappa shape index (κ3) is 2.23. The number of nitrogens with zero attached hydrogens (tertiary/aromatic N) is 2. The van der Waals surface area contributed by atoms with Gasteiger partial charge in [0, 0.05) is 25.7 Å². The third-order valence-electron chi connectivity index (χ3n) is 4.04. The maximum absolute atomic E-state index is 12.3. The molecule has 0 saturated carbocycles. The van der Waals surface area contributed by atoms with Gasteiger partial charge >= 0.3 is 0 Å². The van der Waals surface area contributed by atoms with Crippen LogP contribution in [0.3, 0.4) is 0 Å². The number of likely N-dealkylation sites (tertiary alicyclic amines) is 1. The molecular weight excluding hydrogens is 202 g/mol. The fraction of sp³-hybridized carbons (Fsp3) is 0.917. The SMILES string of the molecule is CC1CNCC1C(=O)N1CCC(N(C)C)C1. The third-order valence-corrected chi connectivity index (χ3v) is 4.04. The van der Waals surface area contributed by atoms with Crippen LogP contribution >= 0.6 is 0 Å². The Morgan fingerprint density at radius 1 is 1.38 bits per heavy atom. The van der Waals surface area contributed by atoms with E-state index < -0.39 is 0 Å². The van der Waals surface area contributed by atoms with Gasteiger partial charge in [-0.05, 0) is 33.0 Å². The van der Waals surface area contributed by atoms with Gasteiger partial charge < -0.3 is 15.1 Å². The van der Waals surface area contributed by atoms with E-state index in [1.807, 2.05) is 0 Å². The molecule has 2 fully saturated rings. The van der Waals surface area contributed by atoms with Gasteiger partial charge in [0.2, 0.25) is 5.91 Å². The van der Waals surface area contributed by atoms with Gasteiger partial charge in [-0.15, -0.1) is 0 Å². The predicted molar refractivity (Wildman–Crippen MR) is 64.2 cm³/mol. The number of rotatable bonds is 2. The molecule has 16 heavy (non-hydrogen) atoms. The average Bonchev–Trinajstić information content (AvgIpc) is 2.84. The molecule has 2 rings (SSSR count). The van der Waals surface area contributed by atoms with Crippen LogP contribution in [0.25, 0.3) is 0 Å². The van der Waals surface area contributed by atoms with Gasteiger partial charge in [-0.2, -0.15) is 0 Å². The first-order chi connectivity index (χ1) is 7.59. The Labute approximate surface area is 98.0 Å². The van der Waals surface area contributed by atoms with Gasteiger partial charge in [0.25, 0.3) is 0 Å². The molecule has 2 aliphatic rings. The first-order valence-corrected chi connectivity index (χ1v) is 6.25. The lowest BCUT2D eigenvalue weighted by Crippen LogP contribution is -2.39. The second-order valence-corrected chi connectivity index (χ2v) is 5.43. The maximum Gasteiger partial charge on any atom is 0.227 e. The summed E-state index contributed by atoms with van der Waals surface area (Å²) in [5, 5.41) is 3.30. The van der Waals surface area contributed by atoms with E-state index >= 15 is 0 Å². The van der Waals surface area contributed by atoms with E-state index in [2.05, 4.69) is 36.1 Å². The summed E-state index contributed by atoms with van der Waals surface area (Å²) in [6.45, 7) is 5.87. The minimum atomic E-state index is 0.209. The summed E-state index contributed by atoms with van der Waals surface area (Å²) in [6.07, 6.45) is 1.12. The Morgan fingerprint density at radius 2 is 2.12 bits per heavy atom. The van der Waals surface area contributed by atoms with E-state index in [1.54, 1.807) is 0 Å². The molecule has 0 aromatic rings. The number of carbonyl (C=O) groups excluding carboxylic acids is 1. The zero-order chi connectivity index (χ0) is 11.7. The molecule has 0 aliphatic carbocycles. The fourth-order valence-electron chi connectivity index (χ4n) is 2.74. The molecule has 0 bridgehead atoms. The summed E-state index contributed by atoms with van der Waals surface area (Å²) in [6, 6.07) is 0.550. The van der Waals surface area contributed by atoms with Gasteiger partial charge in [-0.1, -0.05) is 6.92 Å². The van der Waals surface area contributed by atoms with Gasteiger partial charge in [0.15, 0.2) is 0 Å². The van der Waals surface area contributed by atoms with Crippen LogP contribution in [-0.4, -0.2) is 62.0 Å². The Hall–Kier alpha value is -0.610. The lowest BCUT2D eigenvalue weighted by Gasteiger charge is -2.24. The smallest absolute Gasteiger partial charge is 0.227 e. The maximum atomic E-state index is 12.3. The van der Waals surface area contributed by atoms with Crippen molar-refractivity contribution >= 4 is 5.91 Å². The second kappa shape index (κ2) is 4.72. The number of carbonyl (C=O) groups is 1. The van der Waals surface area contributed by atoms with Crippen molar-refractivity contribution in [2.24, 2.45) is 11.8 Å². The minimum absolute atomic E-state index is 0.209. The molecule has 92 valence electrons. The Bertz CT molecular complexity index is 267. The van der Waals surface area contributed by atoms with Crippen molar-refractivity contribution in [1.29, 1.82) is 0 Å². The van der Waals surface area contributed by atoms with Crippen LogP contribution in [0, 0.1) is 11.8 Å². The first kappa shape index (κ1) is 11.9. The molecule has 2 heterocycles. The molecule has 0 radical (unpaired) electrons. The number of hydrogen-bond donors (Lipinski definition) is 1. The molecule has 0 aromatic heterocycles. The van der Waals surface area contributed by atoms with Crippen molar-refractivity contribution in [2.45, 2.75) is 19.4 Å². The largest absolute Gasteiger partial charge is 0.341 e. The van der Waals surface area contributed by atoms with Crippen molar-refractivity contribution in [3.05, 3.63) is 0 Å². The van der Waals surface area contributed by atoms with E-state index in [9.17, 15) is 4.79 Å². The van der Waals surface area contributed by atoms with E-state index in [4.69, 9.17) is 0 Å². The van der Waals surface area contributed by atoms with Crippen LogP contribution in [0.1, 0.15) is 13.3 Å². The molecule has 3 unspecified atom stereocenters. The number of nitrogens with one attached hydrogen (secondary N) is 1. The minimum Gasteiger partial charge on any atom is -0.341 e. The standard InChI is InChI=1S/C12H23N3O/c1-9-6-13-7-11(9)12(16)15-5-4-10(8-15)14(2)3/h9-11,13H,4-8H2,1-3H3. The van der Waals surface area contributed by atoms with Crippen LogP contribution in [0.4, 0.5) is 0 Å². The lowest BCUT2D eigenvalue weighted by molar-refractivity contribution is -0.135. The monoisotopic (exact) mass is 225 g/mol. The van der Waals surface area contributed by atoms with Crippen molar-refractivity contribution in [3.63, 3.8) is 0 Å². The molecule has 4 heteroatoms. The first-order valence-electron chi connectivity index (χ1n) is 6.25. The summed E-state index contributed by atoms with van der Waals surface area (Å²) in [7, 11) is 4.19. The molecule has 2 aliphatic heterocycles. The summed E-state index contributed by atoms with van der Waals surface area (Å²) >= 11 is 0. The van der Waals surface area contributed by atoms with Crippen LogP contribution in [0.5, 0.6) is 0 Å². The topological polar surface area (TPSA) is 35.6 Å². The molecule has 0 aromatic carbocycles.